The molecule has 1 saturated heterocycles. The highest BCUT2D eigenvalue weighted by Gasteiger charge is 2.33. The van der Waals surface area contributed by atoms with Crippen LogP contribution in [0, 0.1) is 5.92 Å². The fourth-order valence-electron chi connectivity index (χ4n) is 4.43. The summed E-state index contributed by atoms with van der Waals surface area (Å²) in [6.45, 7) is 2.13. The summed E-state index contributed by atoms with van der Waals surface area (Å²) in [5, 5.41) is 0. The zero-order valence-corrected chi connectivity index (χ0v) is 14.6. The Morgan fingerprint density at radius 1 is 0.913 bits per heavy atom. The second-order valence-electron chi connectivity index (χ2n) is 6.72. The molecule has 23 heavy (non-hydrogen) atoms. The third-order valence-electron chi connectivity index (χ3n) is 5.52. The molecule has 0 aromatic heterocycles. The molecular weight excluding hydrogens is 290 g/mol. The predicted octanol–water partition coefficient (Wildman–Crippen LogP) is 3.87. The van der Waals surface area contributed by atoms with Crippen LogP contribution in [-0.2, 0) is 6.54 Å². The van der Waals surface area contributed by atoms with Crippen molar-refractivity contribution < 1.29 is 14.2 Å². The summed E-state index contributed by atoms with van der Waals surface area (Å²) >= 11 is 0. The molecule has 128 valence electrons. The molecule has 2 aliphatic rings. The number of methoxy groups -OCH3 is 3. The Kier molecular flexibility index (Phi) is 5.31. The summed E-state index contributed by atoms with van der Waals surface area (Å²) in [4.78, 5) is 2.66. The molecule has 2 unspecified atom stereocenters. The van der Waals surface area contributed by atoms with Gasteiger partial charge in [0.15, 0.2) is 11.5 Å². The maximum atomic E-state index is 5.66. The maximum absolute atomic E-state index is 5.66. The van der Waals surface area contributed by atoms with Gasteiger partial charge < -0.3 is 14.2 Å². The molecule has 1 heterocycles. The predicted molar refractivity (Wildman–Crippen MR) is 91.5 cm³/mol. The Balaban J connectivity index is 1.84. The molecule has 0 bridgehead atoms. The van der Waals surface area contributed by atoms with Gasteiger partial charge in [-0.3, -0.25) is 4.90 Å². The smallest absolute Gasteiger partial charge is 0.203 e. The van der Waals surface area contributed by atoms with Gasteiger partial charge >= 0.3 is 0 Å². The fourth-order valence-corrected chi connectivity index (χ4v) is 4.43. The number of ether oxygens (including phenoxy) is 3. The first-order valence-corrected chi connectivity index (χ1v) is 8.80. The molecule has 0 spiro atoms. The van der Waals surface area contributed by atoms with Crippen molar-refractivity contribution in [1.29, 1.82) is 0 Å². The lowest BCUT2D eigenvalue weighted by atomic mass is 9.78. The molecule has 0 N–H and O–H groups in total. The van der Waals surface area contributed by atoms with E-state index in [1.54, 1.807) is 21.3 Å². The summed E-state index contributed by atoms with van der Waals surface area (Å²) in [7, 11) is 5.04. The van der Waals surface area contributed by atoms with Crippen LogP contribution in [0.1, 0.15) is 44.1 Å². The van der Waals surface area contributed by atoms with Gasteiger partial charge in [-0.15, -0.1) is 0 Å². The molecule has 1 aromatic carbocycles. The summed E-state index contributed by atoms with van der Waals surface area (Å²) in [6, 6.07) is 4.85. The van der Waals surface area contributed by atoms with Gasteiger partial charge in [-0.2, -0.15) is 0 Å². The number of rotatable bonds is 5. The number of hydrogen-bond acceptors (Lipinski definition) is 4. The maximum Gasteiger partial charge on any atom is 0.203 e. The molecule has 2 fully saturated rings. The first kappa shape index (κ1) is 16.4. The highest BCUT2D eigenvalue weighted by molar-refractivity contribution is 5.55. The summed E-state index contributed by atoms with van der Waals surface area (Å²) in [6.07, 6.45) is 8.26. The molecule has 4 nitrogen and oxygen atoms in total. The van der Waals surface area contributed by atoms with E-state index in [0.29, 0.717) is 5.75 Å². The van der Waals surface area contributed by atoms with Crippen LogP contribution in [0.4, 0.5) is 0 Å². The normalized spacial score (nSPS) is 24.8. The van der Waals surface area contributed by atoms with E-state index in [2.05, 4.69) is 11.0 Å². The van der Waals surface area contributed by atoms with Crippen molar-refractivity contribution in [2.24, 2.45) is 5.92 Å². The molecule has 1 aliphatic heterocycles. The second kappa shape index (κ2) is 7.43. The van der Waals surface area contributed by atoms with Crippen LogP contribution in [-0.4, -0.2) is 38.8 Å². The lowest BCUT2D eigenvalue weighted by molar-refractivity contribution is 0.0540. The van der Waals surface area contributed by atoms with Crippen molar-refractivity contribution in [2.45, 2.75) is 51.1 Å². The fraction of sp³-hybridized carbons (Fsp3) is 0.684. The SMILES string of the molecule is COc1ccc(CN2CCCC3CCCCC32)c(OC)c1OC. The molecule has 1 saturated carbocycles. The summed E-state index contributed by atoms with van der Waals surface area (Å²) in [5.74, 6) is 3.13. The van der Waals surface area contributed by atoms with Crippen molar-refractivity contribution >= 4 is 0 Å². The van der Waals surface area contributed by atoms with Crippen LogP contribution in [0.25, 0.3) is 0 Å². The van der Waals surface area contributed by atoms with Gasteiger partial charge in [0, 0.05) is 18.2 Å². The van der Waals surface area contributed by atoms with Gasteiger partial charge in [-0.25, -0.2) is 0 Å². The van der Waals surface area contributed by atoms with Crippen LogP contribution >= 0.6 is 0 Å². The highest BCUT2D eigenvalue weighted by Crippen LogP contribution is 2.42. The van der Waals surface area contributed by atoms with Gasteiger partial charge in [-0.1, -0.05) is 18.9 Å². The van der Waals surface area contributed by atoms with Crippen LogP contribution < -0.4 is 14.2 Å². The first-order chi connectivity index (χ1) is 11.3. The van der Waals surface area contributed by atoms with Crippen LogP contribution in [0.5, 0.6) is 17.2 Å². The van der Waals surface area contributed by atoms with E-state index in [-0.39, 0.29) is 0 Å². The standard InChI is InChI=1S/C19H29NO3/c1-21-17-11-10-15(18(22-2)19(17)23-3)13-20-12-6-8-14-7-4-5-9-16(14)20/h10-11,14,16H,4-9,12-13H2,1-3H3. The third-order valence-corrected chi connectivity index (χ3v) is 5.52. The molecule has 2 atom stereocenters. The summed E-state index contributed by atoms with van der Waals surface area (Å²) < 4.78 is 16.6. The zero-order chi connectivity index (χ0) is 16.2. The monoisotopic (exact) mass is 319 g/mol. The minimum absolute atomic E-state index is 0.699. The Labute approximate surface area is 139 Å². The summed E-state index contributed by atoms with van der Waals surface area (Å²) in [5.41, 5.74) is 1.19. The lowest BCUT2D eigenvalue weighted by Crippen LogP contribution is -2.46. The van der Waals surface area contributed by atoms with E-state index in [4.69, 9.17) is 14.2 Å². The number of hydrogen-bond donors (Lipinski definition) is 0. The van der Waals surface area contributed by atoms with E-state index in [1.807, 2.05) is 6.07 Å². The molecule has 0 amide bonds. The first-order valence-electron chi connectivity index (χ1n) is 8.80. The molecule has 4 heteroatoms. The Morgan fingerprint density at radius 2 is 1.65 bits per heavy atom. The number of piperidine rings is 1. The van der Waals surface area contributed by atoms with E-state index in [0.717, 1.165) is 30.0 Å². The van der Waals surface area contributed by atoms with Crippen LogP contribution in [0.2, 0.25) is 0 Å². The molecule has 1 aliphatic carbocycles. The largest absolute Gasteiger partial charge is 0.493 e. The van der Waals surface area contributed by atoms with E-state index < -0.39 is 0 Å². The third kappa shape index (κ3) is 3.27. The number of benzene rings is 1. The second-order valence-corrected chi connectivity index (χ2v) is 6.72. The Morgan fingerprint density at radius 3 is 2.39 bits per heavy atom. The van der Waals surface area contributed by atoms with Gasteiger partial charge in [0.1, 0.15) is 0 Å². The quantitative estimate of drug-likeness (QED) is 0.824. The average Bonchev–Trinajstić information content (AvgIpc) is 2.61. The average molecular weight is 319 g/mol. The molecule has 0 radical (unpaired) electrons. The van der Waals surface area contributed by atoms with E-state index >= 15 is 0 Å². The van der Waals surface area contributed by atoms with Gasteiger partial charge in [0.05, 0.1) is 21.3 Å². The van der Waals surface area contributed by atoms with Gasteiger partial charge in [0.2, 0.25) is 5.75 Å². The van der Waals surface area contributed by atoms with Crippen molar-refractivity contribution in [1.82, 2.24) is 4.90 Å². The van der Waals surface area contributed by atoms with E-state index in [1.165, 1.54) is 50.6 Å². The lowest BCUT2D eigenvalue weighted by Gasteiger charge is -2.44. The van der Waals surface area contributed by atoms with Crippen molar-refractivity contribution in [3.8, 4) is 17.2 Å². The van der Waals surface area contributed by atoms with Crippen LogP contribution in [0.15, 0.2) is 12.1 Å². The highest BCUT2D eigenvalue weighted by atomic mass is 16.5. The van der Waals surface area contributed by atoms with Crippen LogP contribution in [0.3, 0.4) is 0 Å². The van der Waals surface area contributed by atoms with Gasteiger partial charge in [0.25, 0.3) is 0 Å². The number of fused-ring (bicyclic) bond motifs is 1. The van der Waals surface area contributed by atoms with Crippen molar-refractivity contribution in [2.75, 3.05) is 27.9 Å². The number of likely N-dealkylation sites (tertiary alicyclic amines) is 1. The molecule has 3 rings (SSSR count). The van der Waals surface area contributed by atoms with Crippen molar-refractivity contribution in [3.63, 3.8) is 0 Å². The Bertz CT molecular complexity index is 530. The van der Waals surface area contributed by atoms with Crippen molar-refractivity contribution in [3.05, 3.63) is 17.7 Å². The Hall–Kier alpha value is -1.42. The molecular formula is C19H29NO3. The number of nitrogens with zero attached hydrogens (tertiary/aromatic N) is 1. The minimum atomic E-state index is 0.699. The molecule has 1 aromatic rings. The minimum Gasteiger partial charge on any atom is -0.493 e. The topological polar surface area (TPSA) is 30.9 Å². The van der Waals surface area contributed by atoms with Gasteiger partial charge in [-0.05, 0) is 44.2 Å². The zero-order valence-electron chi connectivity index (χ0n) is 14.6. The van der Waals surface area contributed by atoms with E-state index in [9.17, 15) is 0 Å².